The van der Waals surface area contributed by atoms with Crippen molar-refractivity contribution in [2.24, 2.45) is 11.1 Å². The summed E-state index contributed by atoms with van der Waals surface area (Å²) in [4.78, 5) is 11.9. The minimum absolute atomic E-state index is 0.171. The molecule has 11 heavy (non-hydrogen) atoms. The first-order valence-corrected chi connectivity index (χ1v) is 3.85. The van der Waals surface area contributed by atoms with Gasteiger partial charge in [0, 0.05) is 6.54 Å². The summed E-state index contributed by atoms with van der Waals surface area (Å²) in [7, 11) is 0. The van der Waals surface area contributed by atoms with Crippen LogP contribution < -0.4 is 0 Å². The molecule has 1 saturated heterocycles. The van der Waals surface area contributed by atoms with Crippen LogP contribution in [0.25, 0.3) is 0 Å². The number of nitroso groups, excluding NO2 is 1. The van der Waals surface area contributed by atoms with Gasteiger partial charge in [-0.2, -0.15) is 4.91 Å². The van der Waals surface area contributed by atoms with E-state index in [0.29, 0.717) is 12.5 Å². The first-order chi connectivity index (χ1) is 5.29. The highest BCUT2D eigenvalue weighted by Crippen LogP contribution is 2.22. The maximum absolute atomic E-state index is 10.0. The molecule has 0 amide bonds. The van der Waals surface area contributed by atoms with E-state index in [1.165, 1.54) is 6.34 Å². The van der Waals surface area contributed by atoms with E-state index in [-0.39, 0.29) is 6.04 Å². The summed E-state index contributed by atoms with van der Waals surface area (Å²) in [5, 5.41) is 9.93. The van der Waals surface area contributed by atoms with E-state index in [0.717, 1.165) is 13.0 Å². The van der Waals surface area contributed by atoms with Crippen molar-refractivity contribution in [3.05, 3.63) is 4.91 Å². The molecule has 1 fully saturated rings. The van der Waals surface area contributed by atoms with Gasteiger partial charge in [-0.1, -0.05) is 12.1 Å². The SMILES string of the molecule is CC1CCN(C=N)C1CN=O. The van der Waals surface area contributed by atoms with Crippen LogP contribution in [0.2, 0.25) is 0 Å². The van der Waals surface area contributed by atoms with Crippen molar-refractivity contribution >= 4 is 6.34 Å². The fraction of sp³-hybridized carbons (Fsp3) is 0.857. The van der Waals surface area contributed by atoms with Crippen LogP contribution in [0.4, 0.5) is 0 Å². The summed E-state index contributed by atoms with van der Waals surface area (Å²) in [6.07, 6.45) is 2.37. The number of nitrogens with zero attached hydrogens (tertiary/aromatic N) is 2. The van der Waals surface area contributed by atoms with Crippen molar-refractivity contribution in [3.63, 3.8) is 0 Å². The Morgan fingerprint density at radius 1 is 1.82 bits per heavy atom. The van der Waals surface area contributed by atoms with Crippen LogP contribution in [-0.4, -0.2) is 30.4 Å². The molecule has 1 aliphatic heterocycles. The predicted octanol–water partition coefficient (Wildman–Crippen LogP) is 1.07. The number of nitrogens with one attached hydrogen (secondary N) is 1. The van der Waals surface area contributed by atoms with Crippen LogP contribution >= 0.6 is 0 Å². The van der Waals surface area contributed by atoms with Gasteiger partial charge in [-0.05, 0) is 12.3 Å². The lowest BCUT2D eigenvalue weighted by Gasteiger charge is -2.20. The van der Waals surface area contributed by atoms with E-state index in [1.807, 2.05) is 4.90 Å². The third-order valence-electron chi connectivity index (χ3n) is 2.35. The minimum atomic E-state index is 0.171. The van der Waals surface area contributed by atoms with Gasteiger partial charge in [0.25, 0.3) is 0 Å². The van der Waals surface area contributed by atoms with E-state index >= 15 is 0 Å². The van der Waals surface area contributed by atoms with E-state index in [1.54, 1.807) is 0 Å². The van der Waals surface area contributed by atoms with Crippen molar-refractivity contribution in [1.29, 1.82) is 5.41 Å². The molecule has 1 N–H and O–H groups in total. The largest absolute Gasteiger partial charge is 0.358 e. The molecule has 0 aromatic rings. The lowest BCUT2D eigenvalue weighted by Crippen LogP contribution is -2.33. The Bertz CT molecular complexity index is 160. The fourth-order valence-corrected chi connectivity index (χ4v) is 1.56. The third-order valence-corrected chi connectivity index (χ3v) is 2.35. The number of hydrogen-bond acceptors (Lipinski definition) is 3. The Balaban J connectivity index is 2.54. The summed E-state index contributed by atoms with van der Waals surface area (Å²) in [5.41, 5.74) is 0. The fourth-order valence-electron chi connectivity index (χ4n) is 1.56. The minimum Gasteiger partial charge on any atom is -0.358 e. The van der Waals surface area contributed by atoms with Gasteiger partial charge in [0.15, 0.2) is 0 Å². The maximum Gasteiger partial charge on any atom is 0.102 e. The first-order valence-electron chi connectivity index (χ1n) is 3.85. The van der Waals surface area contributed by atoms with Crippen molar-refractivity contribution in [3.8, 4) is 0 Å². The van der Waals surface area contributed by atoms with E-state index in [2.05, 4.69) is 12.1 Å². The molecular formula is C7H13N3O. The van der Waals surface area contributed by atoms with Gasteiger partial charge in [-0.25, -0.2) is 0 Å². The van der Waals surface area contributed by atoms with Gasteiger partial charge < -0.3 is 4.90 Å². The van der Waals surface area contributed by atoms with Gasteiger partial charge in [-0.15, -0.1) is 0 Å². The lowest BCUT2D eigenvalue weighted by atomic mass is 10.0. The average Bonchev–Trinajstić information content (AvgIpc) is 2.34. The quantitative estimate of drug-likeness (QED) is 0.376. The van der Waals surface area contributed by atoms with E-state index in [4.69, 9.17) is 5.41 Å². The molecule has 0 aromatic carbocycles. The van der Waals surface area contributed by atoms with Gasteiger partial charge in [-0.3, -0.25) is 5.41 Å². The Hall–Kier alpha value is -0.930. The maximum atomic E-state index is 10.0. The molecule has 4 heteroatoms. The summed E-state index contributed by atoms with van der Waals surface area (Å²) in [5.74, 6) is 0.495. The highest BCUT2D eigenvalue weighted by Gasteiger charge is 2.29. The molecule has 2 unspecified atom stereocenters. The first kappa shape index (κ1) is 8.17. The molecule has 2 atom stereocenters. The summed E-state index contributed by atoms with van der Waals surface area (Å²) in [6, 6.07) is 0.171. The lowest BCUT2D eigenvalue weighted by molar-refractivity contribution is 0.358. The van der Waals surface area contributed by atoms with Crippen molar-refractivity contribution in [1.82, 2.24) is 4.90 Å². The second-order valence-electron chi connectivity index (χ2n) is 3.01. The molecule has 0 bridgehead atoms. The second kappa shape index (κ2) is 3.46. The van der Waals surface area contributed by atoms with Gasteiger partial charge in [0.2, 0.25) is 0 Å². The highest BCUT2D eigenvalue weighted by molar-refractivity contribution is 5.52. The smallest absolute Gasteiger partial charge is 0.102 e. The number of hydrogen-bond donors (Lipinski definition) is 1. The van der Waals surface area contributed by atoms with Crippen LogP contribution in [-0.2, 0) is 0 Å². The van der Waals surface area contributed by atoms with Crippen LogP contribution in [0.15, 0.2) is 5.18 Å². The Morgan fingerprint density at radius 2 is 2.55 bits per heavy atom. The number of likely N-dealkylation sites (tertiary alicyclic amines) is 1. The molecule has 0 aromatic heterocycles. The molecule has 4 nitrogen and oxygen atoms in total. The van der Waals surface area contributed by atoms with Gasteiger partial charge in [0.1, 0.15) is 6.54 Å². The number of rotatable bonds is 3. The Labute approximate surface area is 66.1 Å². The molecular weight excluding hydrogens is 142 g/mol. The topological polar surface area (TPSA) is 56.5 Å². The zero-order chi connectivity index (χ0) is 8.27. The normalized spacial score (nSPS) is 30.5. The molecule has 0 aliphatic carbocycles. The molecule has 1 aliphatic rings. The summed E-state index contributed by atoms with van der Waals surface area (Å²) < 4.78 is 0. The van der Waals surface area contributed by atoms with E-state index in [9.17, 15) is 4.91 Å². The molecule has 1 rings (SSSR count). The zero-order valence-electron chi connectivity index (χ0n) is 6.66. The molecule has 0 saturated carbocycles. The van der Waals surface area contributed by atoms with Gasteiger partial charge >= 0.3 is 0 Å². The van der Waals surface area contributed by atoms with Crippen LogP contribution in [0.1, 0.15) is 13.3 Å². The van der Waals surface area contributed by atoms with Gasteiger partial charge in [0.05, 0.1) is 12.4 Å². The Morgan fingerprint density at radius 3 is 3.09 bits per heavy atom. The third kappa shape index (κ3) is 1.56. The van der Waals surface area contributed by atoms with E-state index < -0.39 is 0 Å². The molecule has 62 valence electrons. The van der Waals surface area contributed by atoms with Crippen molar-refractivity contribution < 1.29 is 0 Å². The van der Waals surface area contributed by atoms with Crippen LogP contribution in [0, 0.1) is 16.2 Å². The standard InChI is InChI=1S/C7H13N3O/c1-6-2-3-10(5-8)7(6)4-9-11/h5-8H,2-4H2,1H3. The van der Waals surface area contributed by atoms with Crippen molar-refractivity contribution in [2.75, 3.05) is 13.1 Å². The van der Waals surface area contributed by atoms with Crippen molar-refractivity contribution in [2.45, 2.75) is 19.4 Å². The predicted molar refractivity (Wildman–Crippen MR) is 43.7 cm³/mol. The summed E-state index contributed by atoms with van der Waals surface area (Å²) >= 11 is 0. The van der Waals surface area contributed by atoms with Crippen LogP contribution in [0.3, 0.4) is 0 Å². The monoisotopic (exact) mass is 155 g/mol. The molecule has 1 heterocycles. The highest BCUT2D eigenvalue weighted by atomic mass is 16.3. The molecule has 0 radical (unpaired) electrons. The zero-order valence-corrected chi connectivity index (χ0v) is 6.66. The Kier molecular flexibility index (Phi) is 2.57. The average molecular weight is 155 g/mol. The van der Waals surface area contributed by atoms with Crippen LogP contribution in [0.5, 0.6) is 0 Å². The summed E-state index contributed by atoms with van der Waals surface area (Å²) in [6.45, 7) is 3.31. The second-order valence-corrected chi connectivity index (χ2v) is 3.01. The molecule has 0 spiro atoms.